The third-order valence-corrected chi connectivity index (χ3v) is 10.7. The van der Waals surface area contributed by atoms with Gasteiger partial charge in [-0.15, -0.1) is 15.3 Å². The van der Waals surface area contributed by atoms with E-state index in [1.54, 1.807) is 0 Å². The summed E-state index contributed by atoms with van der Waals surface area (Å²) in [6, 6.07) is 7.32. The fraction of sp³-hybridized carbons (Fsp3) is 0. The molecule has 0 unspecified atom stereocenters. The summed E-state index contributed by atoms with van der Waals surface area (Å²) in [4.78, 5) is 1.93. The average molecular weight is 916 g/mol. The zero-order valence-electron chi connectivity index (χ0n) is 28.7. The predicted octanol–water partition coefficient (Wildman–Crippen LogP) is -5.49. The first-order valence-corrected chi connectivity index (χ1v) is 19.8. The SMILES string of the molecule is Nc1c(N=Nc2ccc(S(N)(=O)=O)cc2)c(S(=O)(=O)[O-])cc2cc(S(=O)(=O)O)c(N=Nc3cc(Nc4nc(F)nc(F)c4Cl)ccc3S(=O)(=O)[O-])c([O-])c12.[Na+].[Na+].[Na+]. The molecule has 0 aliphatic carbocycles. The first-order chi connectivity index (χ1) is 24.9. The molecular formula is C26H15ClF2N9Na3O12S4. The van der Waals surface area contributed by atoms with Crippen LogP contribution < -0.4 is 110 Å². The molecule has 0 bridgehead atoms. The fourth-order valence-corrected chi connectivity index (χ4v) is 7.04. The van der Waals surface area contributed by atoms with Gasteiger partial charge in [-0.2, -0.15) is 32.3 Å². The Morgan fingerprint density at radius 3 is 1.86 bits per heavy atom. The summed E-state index contributed by atoms with van der Waals surface area (Å²) in [5, 5.41) is 33.1. The molecule has 21 nitrogen and oxygen atoms in total. The molecule has 5 rings (SSSR count). The summed E-state index contributed by atoms with van der Waals surface area (Å²) in [5.74, 6) is -3.72. The number of aromatic nitrogens is 2. The van der Waals surface area contributed by atoms with Crippen LogP contribution in [0.25, 0.3) is 10.8 Å². The molecule has 0 spiro atoms. The van der Waals surface area contributed by atoms with Crippen LogP contribution in [0.1, 0.15) is 0 Å². The number of primary sulfonamides is 1. The molecule has 0 saturated carbocycles. The van der Waals surface area contributed by atoms with Crippen LogP contribution in [-0.2, 0) is 40.4 Å². The molecule has 1 aromatic heterocycles. The molecule has 6 N–H and O–H groups in total. The van der Waals surface area contributed by atoms with Crippen LogP contribution >= 0.6 is 11.6 Å². The Bertz CT molecular complexity index is 2940. The number of nitrogens with two attached hydrogens (primary N) is 2. The van der Waals surface area contributed by atoms with Gasteiger partial charge in [-0.1, -0.05) is 17.4 Å². The van der Waals surface area contributed by atoms with Gasteiger partial charge < -0.3 is 25.3 Å². The number of nitrogens with zero attached hydrogens (tertiary/aromatic N) is 6. The summed E-state index contributed by atoms with van der Waals surface area (Å²) in [5.41, 5.74) is 1.52. The van der Waals surface area contributed by atoms with E-state index in [9.17, 15) is 61.2 Å². The molecule has 4 aromatic carbocycles. The van der Waals surface area contributed by atoms with Crippen LogP contribution in [0.2, 0.25) is 5.02 Å². The van der Waals surface area contributed by atoms with Crippen LogP contribution in [0.5, 0.6) is 5.75 Å². The van der Waals surface area contributed by atoms with Crippen molar-refractivity contribution in [1.82, 2.24) is 9.97 Å². The molecule has 0 saturated heterocycles. The van der Waals surface area contributed by atoms with Crippen molar-refractivity contribution in [1.29, 1.82) is 0 Å². The van der Waals surface area contributed by atoms with E-state index >= 15 is 0 Å². The fourth-order valence-electron chi connectivity index (χ4n) is 4.49. The minimum atomic E-state index is -5.53. The molecule has 1 heterocycles. The van der Waals surface area contributed by atoms with Crippen LogP contribution in [0.15, 0.2) is 94.6 Å². The topological polar surface area (TPSA) is 365 Å². The summed E-state index contributed by atoms with van der Waals surface area (Å²) >= 11 is 5.73. The Hall–Kier alpha value is -2.39. The number of nitrogens with one attached hydrogen (secondary N) is 1. The van der Waals surface area contributed by atoms with Crippen LogP contribution in [-0.4, -0.2) is 57.3 Å². The van der Waals surface area contributed by atoms with E-state index < -0.39 is 117 Å². The maximum absolute atomic E-state index is 13.8. The summed E-state index contributed by atoms with van der Waals surface area (Å²) in [6.45, 7) is 0. The maximum atomic E-state index is 13.8. The quantitative estimate of drug-likeness (QED) is 0.0254. The van der Waals surface area contributed by atoms with Gasteiger partial charge in [-0.05, 0) is 60.0 Å². The van der Waals surface area contributed by atoms with E-state index in [1.807, 2.05) is 0 Å². The van der Waals surface area contributed by atoms with E-state index in [1.165, 1.54) is 0 Å². The second-order valence-electron chi connectivity index (χ2n) is 10.4. The van der Waals surface area contributed by atoms with E-state index in [4.69, 9.17) is 22.5 Å². The van der Waals surface area contributed by atoms with Gasteiger partial charge in [0.15, 0.2) is 5.82 Å². The predicted molar refractivity (Wildman–Crippen MR) is 176 cm³/mol. The van der Waals surface area contributed by atoms with Crippen molar-refractivity contribution >= 4 is 103 Å². The number of sulfonamides is 1. The standard InChI is InChI=1S/C26H18ClF2N9O12S4.3Na/c27-19-24(28)33-26(29)34-25(19)32-12-3-6-15(52(42,43)44)14(9-12)36-38-22-17(54(48,49)50)8-10-7-16(53(45,46)47)21(20(30)18(10)23(22)39)37-35-11-1-4-13(5-2-11)51(31,40)41;;;/h1-9,39H,30H2,(H2,31,40,41)(H,32,33,34)(H,42,43,44)(H,45,46,47)(H,48,49,50);;;/q;3*+1/p-3. The number of rotatable bonds is 10. The number of fused-ring (bicyclic) bond motifs is 1. The number of halogens is 3. The van der Waals surface area contributed by atoms with E-state index in [2.05, 4.69) is 35.7 Å². The molecule has 5 aromatic rings. The molecule has 284 valence electrons. The zero-order valence-corrected chi connectivity index (χ0v) is 38.8. The smallest absolute Gasteiger partial charge is 0.870 e. The number of benzene rings is 4. The summed E-state index contributed by atoms with van der Waals surface area (Å²) in [6.07, 6.45) is -1.57. The van der Waals surface area contributed by atoms with Gasteiger partial charge >= 0.3 is 94.8 Å². The normalized spacial score (nSPS) is 12.3. The Balaban J connectivity index is 0.00000374. The van der Waals surface area contributed by atoms with Gasteiger partial charge in [-0.25, -0.2) is 30.4 Å². The van der Waals surface area contributed by atoms with E-state index in [0.717, 1.165) is 36.4 Å². The van der Waals surface area contributed by atoms with Crippen molar-refractivity contribution in [2.45, 2.75) is 19.6 Å². The van der Waals surface area contributed by atoms with Crippen molar-refractivity contribution in [3.05, 3.63) is 71.6 Å². The zero-order chi connectivity index (χ0) is 40.1. The number of azo groups is 2. The second kappa shape index (κ2) is 18.9. The maximum Gasteiger partial charge on any atom is 1.00 e. The second-order valence-corrected chi connectivity index (χ2v) is 16.4. The van der Waals surface area contributed by atoms with Gasteiger partial charge in [0.05, 0.1) is 31.7 Å². The Morgan fingerprint density at radius 1 is 0.754 bits per heavy atom. The van der Waals surface area contributed by atoms with E-state index in [-0.39, 0.29) is 105 Å². The van der Waals surface area contributed by atoms with Gasteiger partial charge in [0.2, 0.25) is 16.0 Å². The number of hydrogen-bond acceptors (Lipinski definition) is 19. The summed E-state index contributed by atoms with van der Waals surface area (Å²) < 4.78 is 158. The third kappa shape index (κ3) is 11.7. The van der Waals surface area contributed by atoms with Crippen LogP contribution in [0, 0.1) is 12.0 Å². The molecular weight excluding hydrogens is 901 g/mol. The monoisotopic (exact) mass is 915 g/mol. The van der Waals surface area contributed by atoms with Gasteiger partial charge in [-0.3, -0.25) is 4.55 Å². The third-order valence-electron chi connectivity index (χ3n) is 6.81. The van der Waals surface area contributed by atoms with Gasteiger partial charge in [0.25, 0.3) is 10.1 Å². The van der Waals surface area contributed by atoms with Gasteiger partial charge in [0.1, 0.15) is 41.5 Å². The first kappa shape index (κ1) is 50.8. The van der Waals surface area contributed by atoms with Crippen molar-refractivity contribution in [2.24, 2.45) is 25.6 Å². The van der Waals surface area contributed by atoms with Crippen LogP contribution in [0.4, 0.5) is 48.7 Å². The Labute approximate surface area is 391 Å². The number of nitrogen functional groups attached to an aromatic ring is 1. The van der Waals surface area contributed by atoms with Crippen molar-refractivity contribution < 1.29 is 150 Å². The van der Waals surface area contributed by atoms with Gasteiger partial charge in [0, 0.05) is 11.1 Å². The van der Waals surface area contributed by atoms with Crippen LogP contribution in [0.3, 0.4) is 0 Å². The molecule has 0 atom stereocenters. The Morgan fingerprint density at radius 2 is 1.32 bits per heavy atom. The Kier molecular flexibility index (Phi) is 16.8. The molecule has 0 aliphatic heterocycles. The largest absolute Gasteiger partial charge is 1.00 e. The van der Waals surface area contributed by atoms with E-state index in [0.29, 0.717) is 18.2 Å². The van der Waals surface area contributed by atoms with Crippen molar-refractivity contribution in [3.8, 4) is 5.75 Å². The van der Waals surface area contributed by atoms with Crippen molar-refractivity contribution in [3.63, 3.8) is 0 Å². The average Bonchev–Trinajstić information content (AvgIpc) is 3.04. The molecule has 0 fully saturated rings. The molecule has 0 aliphatic rings. The minimum absolute atomic E-state index is 0. The molecule has 57 heavy (non-hydrogen) atoms. The molecule has 0 amide bonds. The molecule has 0 radical (unpaired) electrons. The number of anilines is 3. The van der Waals surface area contributed by atoms with Crippen molar-refractivity contribution in [2.75, 3.05) is 11.1 Å². The molecule has 31 heteroatoms. The minimum Gasteiger partial charge on any atom is -0.870 e. The number of hydrogen-bond donors (Lipinski definition) is 4. The summed E-state index contributed by atoms with van der Waals surface area (Å²) in [7, 11) is -20.6. The first-order valence-electron chi connectivity index (χ1n) is 13.6.